The van der Waals surface area contributed by atoms with E-state index in [0.717, 1.165) is 0 Å². The highest BCUT2D eigenvalue weighted by Gasteiger charge is 2.41. The molecule has 3 N–H and O–H groups in total. The standard InChI is InChI=1S/C15H17N7O2S/c1-15(24)5-21(14(23)9-4-25-8-20-9)3-2-10(15)22-7-19-11-12(16)17-6-18-13(11)22/h4,6-8,10,24H,2-3,5H2,1H3,(H2,16,17,18)/t10-,15-/m1/s1. The lowest BCUT2D eigenvalue weighted by atomic mass is 9.88. The minimum atomic E-state index is -1.14. The Morgan fingerprint density at radius 3 is 2.96 bits per heavy atom. The summed E-state index contributed by atoms with van der Waals surface area (Å²) in [6.07, 6.45) is 3.57. The average molecular weight is 359 g/mol. The molecule has 0 bridgehead atoms. The van der Waals surface area contributed by atoms with Crippen molar-refractivity contribution >= 4 is 34.2 Å². The van der Waals surface area contributed by atoms with Crippen LogP contribution in [-0.4, -0.2) is 59.1 Å². The molecular weight excluding hydrogens is 342 g/mol. The van der Waals surface area contributed by atoms with E-state index in [-0.39, 0.29) is 18.5 Å². The molecule has 0 aromatic carbocycles. The maximum Gasteiger partial charge on any atom is 0.273 e. The molecular formula is C15H17N7O2S. The summed E-state index contributed by atoms with van der Waals surface area (Å²) >= 11 is 1.37. The number of hydrogen-bond acceptors (Lipinski definition) is 8. The Balaban J connectivity index is 1.63. The average Bonchev–Trinajstić information content (AvgIpc) is 3.23. The van der Waals surface area contributed by atoms with Gasteiger partial charge in [0.25, 0.3) is 5.91 Å². The smallest absolute Gasteiger partial charge is 0.273 e. The van der Waals surface area contributed by atoms with Gasteiger partial charge in [-0.3, -0.25) is 4.79 Å². The van der Waals surface area contributed by atoms with Gasteiger partial charge in [0, 0.05) is 11.9 Å². The first-order valence-electron chi connectivity index (χ1n) is 7.80. The Kier molecular flexibility index (Phi) is 3.65. The van der Waals surface area contributed by atoms with Crippen molar-refractivity contribution in [1.82, 2.24) is 29.4 Å². The van der Waals surface area contributed by atoms with Gasteiger partial charge in [0.1, 0.15) is 23.1 Å². The number of aromatic nitrogens is 5. The number of aliphatic hydroxyl groups is 1. The van der Waals surface area contributed by atoms with E-state index in [1.165, 1.54) is 17.7 Å². The lowest BCUT2D eigenvalue weighted by Crippen LogP contribution is -2.54. The number of nitrogen functional groups attached to an aromatic ring is 1. The number of hydrogen-bond donors (Lipinski definition) is 2. The van der Waals surface area contributed by atoms with Crippen LogP contribution in [0.4, 0.5) is 5.82 Å². The topological polar surface area (TPSA) is 123 Å². The van der Waals surface area contributed by atoms with E-state index in [1.807, 2.05) is 4.57 Å². The fourth-order valence-electron chi connectivity index (χ4n) is 3.35. The fraction of sp³-hybridized carbons (Fsp3) is 0.400. The number of carbonyl (C=O) groups excluding carboxylic acids is 1. The number of nitrogens with two attached hydrogens (primary N) is 1. The predicted octanol–water partition coefficient (Wildman–Crippen LogP) is 0.703. The number of anilines is 1. The zero-order valence-corrected chi connectivity index (χ0v) is 14.3. The number of β-amino-alcohol motifs (C(OH)–C–C–N with tert-alkyl or cyclic N) is 1. The van der Waals surface area contributed by atoms with Crippen molar-refractivity contribution in [2.24, 2.45) is 0 Å². The van der Waals surface area contributed by atoms with Crippen LogP contribution in [0.15, 0.2) is 23.5 Å². The number of rotatable bonds is 2. The molecule has 0 saturated carbocycles. The van der Waals surface area contributed by atoms with Crippen LogP contribution in [0.3, 0.4) is 0 Å². The van der Waals surface area contributed by atoms with Gasteiger partial charge in [0.05, 0.1) is 24.4 Å². The molecule has 0 spiro atoms. The van der Waals surface area contributed by atoms with E-state index in [2.05, 4.69) is 19.9 Å². The second-order valence-corrected chi connectivity index (χ2v) is 7.06. The summed E-state index contributed by atoms with van der Waals surface area (Å²) < 4.78 is 1.82. The summed E-state index contributed by atoms with van der Waals surface area (Å²) in [5.74, 6) is 0.140. The van der Waals surface area contributed by atoms with Gasteiger partial charge < -0.3 is 20.3 Å². The molecule has 1 amide bonds. The third kappa shape index (κ3) is 2.63. The van der Waals surface area contributed by atoms with Gasteiger partial charge in [-0.15, -0.1) is 11.3 Å². The van der Waals surface area contributed by atoms with Gasteiger partial charge in [-0.1, -0.05) is 0 Å². The SMILES string of the molecule is C[C@@]1(O)CN(C(=O)c2cscn2)CC[C@H]1n1cnc2c(N)ncnc21. The first-order chi connectivity index (χ1) is 12.0. The van der Waals surface area contributed by atoms with Gasteiger partial charge in [-0.05, 0) is 13.3 Å². The van der Waals surface area contributed by atoms with Crippen LogP contribution in [0, 0.1) is 0 Å². The number of fused-ring (bicyclic) bond motifs is 1. The number of likely N-dealkylation sites (tertiary alicyclic amines) is 1. The second kappa shape index (κ2) is 5.74. The van der Waals surface area contributed by atoms with Crippen molar-refractivity contribution in [2.75, 3.05) is 18.8 Å². The van der Waals surface area contributed by atoms with Gasteiger partial charge in [0.15, 0.2) is 11.5 Å². The zero-order chi connectivity index (χ0) is 17.6. The van der Waals surface area contributed by atoms with Crippen molar-refractivity contribution in [3.8, 4) is 0 Å². The Morgan fingerprint density at radius 1 is 1.40 bits per heavy atom. The van der Waals surface area contributed by atoms with Crippen molar-refractivity contribution in [3.63, 3.8) is 0 Å². The Bertz CT molecular complexity index is 921. The molecule has 1 saturated heterocycles. The highest BCUT2D eigenvalue weighted by Crippen LogP contribution is 2.34. The third-order valence-corrected chi connectivity index (χ3v) is 5.15. The molecule has 130 valence electrons. The number of carbonyl (C=O) groups is 1. The first-order valence-corrected chi connectivity index (χ1v) is 8.74. The summed E-state index contributed by atoms with van der Waals surface area (Å²) in [5.41, 5.74) is 7.82. The van der Waals surface area contributed by atoms with Crippen molar-refractivity contribution < 1.29 is 9.90 Å². The van der Waals surface area contributed by atoms with Crippen molar-refractivity contribution in [1.29, 1.82) is 0 Å². The minimum Gasteiger partial charge on any atom is -0.386 e. The number of imidazole rings is 1. The largest absolute Gasteiger partial charge is 0.386 e. The quantitative estimate of drug-likeness (QED) is 0.690. The maximum absolute atomic E-state index is 12.5. The van der Waals surface area contributed by atoms with E-state index in [0.29, 0.717) is 35.6 Å². The molecule has 9 nitrogen and oxygen atoms in total. The minimum absolute atomic E-state index is 0.165. The predicted molar refractivity (Wildman–Crippen MR) is 92.0 cm³/mol. The summed E-state index contributed by atoms with van der Waals surface area (Å²) in [4.78, 5) is 30.6. The Hall–Kier alpha value is -2.59. The maximum atomic E-state index is 12.5. The van der Waals surface area contributed by atoms with Gasteiger partial charge in [-0.25, -0.2) is 19.9 Å². The molecule has 0 aliphatic carbocycles. The Labute approximate surface area is 147 Å². The van der Waals surface area contributed by atoms with Gasteiger partial charge >= 0.3 is 0 Å². The normalized spacial score (nSPS) is 23.9. The number of nitrogens with zero attached hydrogens (tertiary/aromatic N) is 6. The number of thiazole rings is 1. The van der Waals surface area contributed by atoms with E-state index in [4.69, 9.17) is 5.73 Å². The molecule has 0 unspecified atom stereocenters. The monoisotopic (exact) mass is 359 g/mol. The summed E-state index contributed by atoms with van der Waals surface area (Å²) in [7, 11) is 0. The molecule has 25 heavy (non-hydrogen) atoms. The molecule has 3 aromatic heterocycles. The zero-order valence-electron chi connectivity index (χ0n) is 13.5. The third-order valence-electron chi connectivity index (χ3n) is 4.56. The van der Waals surface area contributed by atoms with Gasteiger partial charge in [-0.2, -0.15) is 0 Å². The molecule has 1 fully saturated rings. The van der Waals surface area contributed by atoms with E-state index in [1.54, 1.807) is 29.0 Å². The molecule has 3 aromatic rings. The van der Waals surface area contributed by atoms with E-state index >= 15 is 0 Å². The molecule has 1 aliphatic rings. The molecule has 1 aliphatic heterocycles. The van der Waals surface area contributed by atoms with Crippen molar-refractivity contribution in [3.05, 3.63) is 29.2 Å². The molecule has 4 heterocycles. The molecule has 10 heteroatoms. The van der Waals surface area contributed by atoms with Crippen LogP contribution in [0.5, 0.6) is 0 Å². The van der Waals surface area contributed by atoms with Crippen LogP contribution in [0.2, 0.25) is 0 Å². The van der Waals surface area contributed by atoms with Crippen LogP contribution >= 0.6 is 11.3 Å². The van der Waals surface area contributed by atoms with Crippen LogP contribution in [-0.2, 0) is 0 Å². The number of amides is 1. The summed E-state index contributed by atoms with van der Waals surface area (Å²) in [5, 5.41) is 12.7. The lowest BCUT2D eigenvalue weighted by molar-refractivity contribution is -0.0480. The second-order valence-electron chi connectivity index (χ2n) is 6.34. The summed E-state index contributed by atoms with van der Waals surface area (Å²) in [6.45, 7) is 2.43. The Morgan fingerprint density at radius 2 is 2.24 bits per heavy atom. The highest BCUT2D eigenvalue weighted by molar-refractivity contribution is 7.07. The van der Waals surface area contributed by atoms with Crippen LogP contribution in [0.25, 0.3) is 11.2 Å². The summed E-state index contributed by atoms with van der Waals surface area (Å²) in [6, 6.07) is -0.272. The van der Waals surface area contributed by atoms with E-state index < -0.39 is 5.60 Å². The molecule has 2 atom stereocenters. The number of piperidine rings is 1. The first kappa shape index (κ1) is 15.9. The van der Waals surface area contributed by atoms with Gasteiger partial charge in [0.2, 0.25) is 0 Å². The lowest BCUT2D eigenvalue weighted by Gasteiger charge is -2.43. The van der Waals surface area contributed by atoms with Crippen molar-refractivity contribution in [2.45, 2.75) is 25.0 Å². The molecule has 4 rings (SSSR count). The van der Waals surface area contributed by atoms with E-state index in [9.17, 15) is 9.90 Å². The van der Waals surface area contributed by atoms with Crippen LogP contribution < -0.4 is 5.73 Å². The molecule has 0 radical (unpaired) electrons. The fourth-order valence-corrected chi connectivity index (χ4v) is 3.88. The highest BCUT2D eigenvalue weighted by atomic mass is 32.1. The van der Waals surface area contributed by atoms with Crippen LogP contribution in [0.1, 0.15) is 29.9 Å².